The van der Waals surface area contributed by atoms with Crippen molar-refractivity contribution in [2.45, 2.75) is 51.9 Å². The lowest BCUT2D eigenvalue weighted by Crippen LogP contribution is -2.37. The monoisotopic (exact) mass is 409 g/mol. The number of aryl methyl sites for hydroxylation is 1. The number of hydrogen-bond acceptors (Lipinski definition) is 5. The van der Waals surface area contributed by atoms with Crippen LogP contribution in [0.5, 0.6) is 0 Å². The van der Waals surface area contributed by atoms with Crippen molar-refractivity contribution < 1.29 is 4.79 Å². The average Bonchev–Trinajstić information content (AvgIpc) is 3.22. The summed E-state index contributed by atoms with van der Waals surface area (Å²) in [6.45, 7) is 2.54. The highest BCUT2D eigenvalue weighted by Gasteiger charge is 2.23. The molecule has 2 rings (SSSR count). The lowest BCUT2D eigenvalue weighted by Gasteiger charge is -2.22. The Morgan fingerprint density at radius 1 is 1.19 bits per heavy atom. The number of halogens is 1. The van der Waals surface area contributed by atoms with Crippen LogP contribution in [0.25, 0.3) is 0 Å². The zero-order valence-electron chi connectivity index (χ0n) is 16.1. The number of unbranched alkanes of at least 4 members (excludes halogenated alkanes) is 5. The Hall–Kier alpha value is -1.60. The Labute approximate surface area is 170 Å². The predicted octanol–water partition coefficient (Wildman–Crippen LogP) is 5.07. The number of thioether (sulfide) groups is 1. The molecule has 0 spiro atoms. The standard InChI is InChI=1S/C19H28ClN5OS/c1-3-16-17(20)18(22-15-21-16)24(19(26)25-13-10-11-23-25)12-8-6-4-5-7-9-14-27-2/h10-11,13,15H,3-9,12,14H2,1-2H3. The second kappa shape index (κ2) is 12.0. The fourth-order valence-electron chi connectivity index (χ4n) is 2.85. The largest absolute Gasteiger partial charge is 0.350 e. The van der Waals surface area contributed by atoms with Gasteiger partial charge in [-0.1, -0.05) is 44.2 Å². The SMILES string of the molecule is CCc1ncnc(N(CCCCCCCCSC)C(=O)n2cccn2)c1Cl. The van der Waals surface area contributed by atoms with E-state index in [0.29, 0.717) is 23.8 Å². The van der Waals surface area contributed by atoms with E-state index in [0.717, 1.165) is 18.5 Å². The van der Waals surface area contributed by atoms with Gasteiger partial charge in [0.15, 0.2) is 5.82 Å². The van der Waals surface area contributed by atoms with Gasteiger partial charge >= 0.3 is 6.03 Å². The summed E-state index contributed by atoms with van der Waals surface area (Å²) >= 11 is 8.37. The van der Waals surface area contributed by atoms with Crippen LogP contribution in [0.15, 0.2) is 24.8 Å². The number of amides is 1. The summed E-state index contributed by atoms with van der Waals surface area (Å²) in [6, 6.07) is 1.48. The van der Waals surface area contributed by atoms with Gasteiger partial charge in [0.25, 0.3) is 0 Å². The molecule has 0 saturated heterocycles. The van der Waals surface area contributed by atoms with E-state index in [-0.39, 0.29) is 6.03 Å². The van der Waals surface area contributed by atoms with Crippen molar-refractivity contribution in [1.29, 1.82) is 0 Å². The van der Waals surface area contributed by atoms with Crippen LogP contribution < -0.4 is 4.90 Å². The molecule has 0 bridgehead atoms. The molecule has 8 heteroatoms. The zero-order chi connectivity index (χ0) is 19.5. The summed E-state index contributed by atoms with van der Waals surface area (Å²) in [6.07, 6.45) is 14.5. The average molecular weight is 410 g/mol. The normalized spacial score (nSPS) is 10.9. The number of anilines is 1. The number of carbonyl (C=O) groups excluding carboxylic acids is 1. The summed E-state index contributed by atoms with van der Waals surface area (Å²) in [5.41, 5.74) is 0.744. The summed E-state index contributed by atoms with van der Waals surface area (Å²) in [7, 11) is 0. The molecule has 0 atom stereocenters. The van der Waals surface area contributed by atoms with Gasteiger partial charge in [0.2, 0.25) is 0 Å². The second-order valence-electron chi connectivity index (χ2n) is 6.31. The highest BCUT2D eigenvalue weighted by atomic mass is 35.5. The number of aromatic nitrogens is 4. The zero-order valence-corrected chi connectivity index (χ0v) is 17.7. The van der Waals surface area contributed by atoms with Gasteiger partial charge in [-0.3, -0.25) is 4.90 Å². The fraction of sp³-hybridized carbons (Fsp3) is 0.579. The van der Waals surface area contributed by atoms with E-state index in [1.165, 1.54) is 42.4 Å². The fourth-order valence-corrected chi connectivity index (χ4v) is 3.68. The maximum Gasteiger partial charge on any atom is 0.350 e. The number of rotatable bonds is 11. The Morgan fingerprint density at radius 3 is 2.59 bits per heavy atom. The smallest absolute Gasteiger partial charge is 0.275 e. The minimum atomic E-state index is -0.248. The van der Waals surface area contributed by atoms with Gasteiger partial charge in [0.1, 0.15) is 11.3 Å². The van der Waals surface area contributed by atoms with Gasteiger partial charge in [-0.05, 0) is 37.3 Å². The first-order chi connectivity index (χ1) is 13.2. The number of hydrogen-bond donors (Lipinski definition) is 0. The molecule has 0 fully saturated rings. The summed E-state index contributed by atoms with van der Waals surface area (Å²) in [5.74, 6) is 1.70. The van der Waals surface area contributed by atoms with Gasteiger partial charge in [-0.15, -0.1) is 0 Å². The molecule has 27 heavy (non-hydrogen) atoms. The van der Waals surface area contributed by atoms with E-state index in [4.69, 9.17) is 11.6 Å². The predicted molar refractivity (Wildman–Crippen MR) is 113 cm³/mol. The molecule has 0 aromatic carbocycles. The molecule has 6 nitrogen and oxygen atoms in total. The first-order valence-corrected chi connectivity index (χ1v) is 11.3. The molecule has 0 aliphatic carbocycles. The highest BCUT2D eigenvalue weighted by Crippen LogP contribution is 2.27. The van der Waals surface area contributed by atoms with Crippen molar-refractivity contribution >= 4 is 35.2 Å². The van der Waals surface area contributed by atoms with Crippen LogP contribution in [-0.4, -0.2) is 44.3 Å². The van der Waals surface area contributed by atoms with E-state index in [9.17, 15) is 4.79 Å². The van der Waals surface area contributed by atoms with E-state index in [2.05, 4.69) is 21.3 Å². The molecule has 2 aromatic rings. The van der Waals surface area contributed by atoms with Crippen molar-refractivity contribution in [3.63, 3.8) is 0 Å². The van der Waals surface area contributed by atoms with Crippen LogP contribution in [0, 0.1) is 0 Å². The van der Waals surface area contributed by atoms with Crippen molar-refractivity contribution in [2.75, 3.05) is 23.5 Å². The van der Waals surface area contributed by atoms with Crippen LogP contribution in [0.4, 0.5) is 10.6 Å². The molecule has 0 N–H and O–H groups in total. The highest BCUT2D eigenvalue weighted by molar-refractivity contribution is 7.98. The molecule has 0 unspecified atom stereocenters. The Kier molecular flexibility index (Phi) is 9.62. The third kappa shape index (κ3) is 6.50. The first-order valence-electron chi connectivity index (χ1n) is 9.48. The van der Waals surface area contributed by atoms with Crippen molar-refractivity contribution in [1.82, 2.24) is 19.7 Å². The van der Waals surface area contributed by atoms with Gasteiger partial charge < -0.3 is 0 Å². The van der Waals surface area contributed by atoms with Gasteiger partial charge in [-0.2, -0.15) is 21.5 Å². The molecule has 0 saturated carbocycles. The third-order valence-electron chi connectivity index (χ3n) is 4.35. The molecule has 148 valence electrons. The molecular formula is C19H28ClN5OS. The molecule has 2 heterocycles. The first kappa shape index (κ1) is 21.7. The minimum absolute atomic E-state index is 0.248. The van der Waals surface area contributed by atoms with Crippen molar-refractivity contribution in [2.24, 2.45) is 0 Å². The van der Waals surface area contributed by atoms with E-state index in [1.807, 2.05) is 18.7 Å². The maximum atomic E-state index is 12.9. The van der Waals surface area contributed by atoms with Crippen LogP contribution in [0.2, 0.25) is 5.02 Å². The third-order valence-corrected chi connectivity index (χ3v) is 5.43. The van der Waals surface area contributed by atoms with E-state index >= 15 is 0 Å². The molecule has 0 aliphatic rings. The molecule has 0 aliphatic heterocycles. The lowest BCUT2D eigenvalue weighted by molar-refractivity contribution is 0.244. The van der Waals surface area contributed by atoms with Crippen molar-refractivity contribution in [3.05, 3.63) is 35.5 Å². The van der Waals surface area contributed by atoms with Crippen LogP contribution in [-0.2, 0) is 6.42 Å². The number of nitrogens with zero attached hydrogens (tertiary/aromatic N) is 5. The minimum Gasteiger partial charge on any atom is -0.275 e. The molecule has 1 amide bonds. The number of carbonyl (C=O) groups is 1. The topological polar surface area (TPSA) is 63.9 Å². The van der Waals surface area contributed by atoms with Crippen molar-refractivity contribution in [3.8, 4) is 0 Å². The Morgan fingerprint density at radius 2 is 1.93 bits per heavy atom. The van der Waals surface area contributed by atoms with E-state index < -0.39 is 0 Å². The van der Waals surface area contributed by atoms with Crippen LogP contribution in [0.1, 0.15) is 51.1 Å². The Balaban J connectivity index is 2.00. The summed E-state index contributed by atoms with van der Waals surface area (Å²) < 4.78 is 1.31. The quantitative estimate of drug-likeness (QED) is 0.485. The van der Waals surface area contributed by atoms with E-state index in [1.54, 1.807) is 23.4 Å². The molecule has 0 radical (unpaired) electrons. The van der Waals surface area contributed by atoms with Gasteiger partial charge in [-0.25, -0.2) is 14.8 Å². The van der Waals surface area contributed by atoms with Crippen LogP contribution in [0.3, 0.4) is 0 Å². The lowest BCUT2D eigenvalue weighted by atomic mass is 10.1. The molecular weight excluding hydrogens is 382 g/mol. The van der Waals surface area contributed by atoms with Crippen LogP contribution >= 0.6 is 23.4 Å². The summed E-state index contributed by atoms with van der Waals surface area (Å²) in [4.78, 5) is 23.0. The van der Waals surface area contributed by atoms with Gasteiger partial charge in [0.05, 0.1) is 5.69 Å². The summed E-state index contributed by atoms with van der Waals surface area (Å²) in [5, 5.41) is 4.50. The maximum absolute atomic E-state index is 12.9. The second-order valence-corrected chi connectivity index (χ2v) is 7.67. The van der Waals surface area contributed by atoms with Gasteiger partial charge in [0, 0.05) is 18.9 Å². The molecule has 2 aromatic heterocycles. The Bertz CT molecular complexity index is 695.